The number of hydrogen-bond acceptors (Lipinski definition) is 6. The Morgan fingerprint density at radius 1 is 1.40 bits per heavy atom. The molecule has 3 heterocycles. The van der Waals surface area contributed by atoms with Crippen LogP contribution in [0.1, 0.15) is 24.1 Å². The molecule has 0 N–H and O–H groups in total. The predicted octanol–water partition coefficient (Wildman–Crippen LogP) is 0.720. The SMILES string of the molecule is Cc1ncn(CC(=O)N2CCCC(Oc3cccnn3)C2)c(=O)c1C. The molecule has 8 nitrogen and oxygen atoms in total. The fraction of sp³-hybridized carbons (Fsp3) is 0.471. The maximum Gasteiger partial charge on any atom is 0.256 e. The Hall–Kier alpha value is -2.77. The highest BCUT2D eigenvalue weighted by molar-refractivity contribution is 5.76. The molecule has 0 radical (unpaired) electrons. The first kappa shape index (κ1) is 17.1. The molecular formula is C17H21N5O3. The minimum Gasteiger partial charge on any atom is -0.471 e. The molecule has 1 aliphatic rings. The van der Waals surface area contributed by atoms with E-state index in [1.807, 2.05) is 0 Å². The quantitative estimate of drug-likeness (QED) is 0.812. The van der Waals surface area contributed by atoms with Gasteiger partial charge in [-0.3, -0.25) is 14.2 Å². The second kappa shape index (κ2) is 7.42. The lowest BCUT2D eigenvalue weighted by Crippen LogP contribution is -2.46. The summed E-state index contributed by atoms with van der Waals surface area (Å²) >= 11 is 0. The smallest absolute Gasteiger partial charge is 0.256 e. The van der Waals surface area contributed by atoms with E-state index in [1.165, 1.54) is 10.9 Å². The number of aryl methyl sites for hydroxylation is 1. The second-order valence-electron chi connectivity index (χ2n) is 6.17. The van der Waals surface area contributed by atoms with Crippen LogP contribution >= 0.6 is 0 Å². The lowest BCUT2D eigenvalue weighted by atomic mass is 10.1. The summed E-state index contributed by atoms with van der Waals surface area (Å²) in [5.41, 5.74) is 1.08. The summed E-state index contributed by atoms with van der Waals surface area (Å²) in [4.78, 5) is 30.7. The zero-order chi connectivity index (χ0) is 17.8. The third-order valence-electron chi connectivity index (χ3n) is 4.39. The Morgan fingerprint density at radius 3 is 3.00 bits per heavy atom. The van der Waals surface area contributed by atoms with Gasteiger partial charge in [-0.2, -0.15) is 5.10 Å². The molecule has 8 heteroatoms. The molecule has 0 spiro atoms. The van der Waals surface area contributed by atoms with Gasteiger partial charge in [0, 0.05) is 30.1 Å². The van der Waals surface area contributed by atoms with E-state index in [-0.39, 0.29) is 24.1 Å². The van der Waals surface area contributed by atoms with Gasteiger partial charge >= 0.3 is 0 Å². The Balaban J connectivity index is 1.64. The first-order valence-electron chi connectivity index (χ1n) is 8.29. The van der Waals surface area contributed by atoms with Crippen LogP contribution in [0.3, 0.4) is 0 Å². The number of piperidine rings is 1. The van der Waals surface area contributed by atoms with E-state index in [1.54, 1.807) is 37.1 Å². The van der Waals surface area contributed by atoms with Crippen molar-refractivity contribution in [3.05, 3.63) is 46.3 Å². The summed E-state index contributed by atoms with van der Waals surface area (Å²) in [6.45, 7) is 4.62. The van der Waals surface area contributed by atoms with E-state index in [0.29, 0.717) is 30.2 Å². The van der Waals surface area contributed by atoms with Gasteiger partial charge in [-0.1, -0.05) is 0 Å². The molecule has 1 unspecified atom stereocenters. The highest BCUT2D eigenvalue weighted by atomic mass is 16.5. The monoisotopic (exact) mass is 343 g/mol. The molecule has 0 saturated carbocycles. The van der Waals surface area contributed by atoms with Crippen molar-refractivity contribution in [2.24, 2.45) is 0 Å². The maximum atomic E-state index is 12.6. The summed E-state index contributed by atoms with van der Waals surface area (Å²) in [7, 11) is 0. The van der Waals surface area contributed by atoms with Crippen LogP contribution in [0.25, 0.3) is 0 Å². The van der Waals surface area contributed by atoms with Gasteiger partial charge < -0.3 is 9.64 Å². The minimum absolute atomic E-state index is 0.00911. The van der Waals surface area contributed by atoms with Gasteiger partial charge in [0.1, 0.15) is 12.6 Å². The topological polar surface area (TPSA) is 90.2 Å². The molecule has 2 aromatic rings. The van der Waals surface area contributed by atoms with E-state index < -0.39 is 0 Å². The average molecular weight is 343 g/mol. The lowest BCUT2D eigenvalue weighted by Gasteiger charge is -2.32. The van der Waals surface area contributed by atoms with Crippen LogP contribution in [-0.4, -0.2) is 49.7 Å². The number of rotatable bonds is 4. The molecule has 1 atom stereocenters. The van der Waals surface area contributed by atoms with E-state index >= 15 is 0 Å². The Morgan fingerprint density at radius 2 is 2.24 bits per heavy atom. The van der Waals surface area contributed by atoms with Crippen molar-refractivity contribution < 1.29 is 9.53 Å². The van der Waals surface area contributed by atoms with Crippen molar-refractivity contribution in [3.63, 3.8) is 0 Å². The summed E-state index contributed by atoms with van der Waals surface area (Å²) in [6, 6.07) is 3.50. The number of ether oxygens (including phenoxy) is 1. The molecule has 132 valence electrons. The molecule has 25 heavy (non-hydrogen) atoms. The van der Waals surface area contributed by atoms with Crippen molar-refractivity contribution >= 4 is 5.91 Å². The van der Waals surface area contributed by atoms with Gasteiger partial charge in [0.15, 0.2) is 0 Å². The van der Waals surface area contributed by atoms with Gasteiger partial charge in [-0.25, -0.2) is 4.98 Å². The molecule has 1 aliphatic heterocycles. The number of likely N-dealkylation sites (tertiary alicyclic amines) is 1. The zero-order valence-corrected chi connectivity index (χ0v) is 14.4. The number of carbonyl (C=O) groups is 1. The highest BCUT2D eigenvalue weighted by Gasteiger charge is 2.25. The van der Waals surface area contributed by atoms with Gasteiger partial charge in [0.25, 0.3) is 5.56 Å². The summed E-state index contributed by atoms with van der Waals surface area (Å²) < 4.78 is 7.16. The van der Waals surface area contributed by atoms with Crippen molar-refractivity contribution in [2.45, 2.75) is 39.3 Å². The number of aromatic nitrogens is 4. The van der Waals surface area contributed by atoms with E-state index in [0.717, 1.165) is 12.8 Å². The Kier molecular flexibility index (Phi) is 5.06. The molecule has 3 rings (SSSR count). The molecule has 0 aromatic carbocycles. The molecule has 0 aliphatic carbocycles. The molecule has 1 fully saturated rings. The van der Waals surface area contributed by atoms with Crippen molar-refractivity contribution in [1.29, 1.82) is 0 Å². The first-order chi connectivity index (χ1) is 12.0. The molecule has 1 saturated heterocycles. The van der Waals surface area contributed by atoms with Crippen LogP contribution in [0.4, 0.5) is 0 Å². The number of carbonyl (C=O) groups excluding carboxylic acids is 1. The number of hydrogen-bond donors (Lipinski definition) is 0. The van der Waals surface area contributed by atoms with Crippen LogP contribution in [0.2, 0.25) is 0 Å². The van der Waals surface area contributed by atoms with Crippen LogP contribution in [0, 0.1) is 13.8 Å². The van der Waals surface area contributed by atoms with Gasteiger partial charge in [0.05, 0.1) is 12.9 Å². The summed E-state index contributed by atoms with van der Waals surface area (Å²) in [5.74, 6) is 0.343. The van der Waals surface area contributed by atoms with Crippen LogP contribution in [-0.2, 0) is 11.3 Å². The van der Waals surface area contributed by atoms with Gasteiger partial charge in [-0.05, 0) is 32.8 Å². The first-order valence-corrected chi connectivity index (χ1v) is 8.29. The maximum absolute atomic E-state index is 12.6. The third kappa shape index (κ3) is 4.01. The zero-order valence-electron chi connectivity index (χ0n) is 14.4. The highest BCUT2D eigenvalue weighted by Crippen LogP contribution is 2.16. The van der Waals surface area contributed by atoms with Crippen molar-refractivity contribution in [2.75, 3.05) is 13.1 Å². The Bertz CT molecular complexity index is 806. The third-order valence-corrected chi connectivity index (χ3v) is 4.39. The van der Waals surface area contributed by atoms with E-state index in [2.05, 4.69) is 15.2 Å². The summed E-state index contributed by atoms with van der Waals surface area (Å²) in [6.07, 6.45) is 4.59. The standard InChI is InChI=1S/C17H21N5O3/c1-12-13(2)18-11-22(17(12)24)10-16(23)21-8-4-5-14(9-21)25-15-6-3-7-19-20-15/h3,6-7,11,14H,4-5,8-10H2,1-2H3. The van der Waals surface area contributed by atoms with Crippen LogP contribution < -0.4 is 10.3 Å². The van der Waals surface area contributed by atoms with Crippen LogP contribution in [0.5, 0.6) is 5.88 Å². The van der Waals surface area contributed by atoms with Gasteiger partial charge in [0.2, 0.25) is 11.8 Å². The largest absolute Gasteiger partial charge is 0.471 e. The van der Waals surface area contributed by atoms with E-state index in [9.17, 15) is 9.59 Å². The fourth-order valence-electron chi connectivity index (χ4n) is 2.82. The summed E-state index contributed by atoms with van der Waals surface area (Å²) in [5, 5.41) is 7.70. The fourth-order valence-corrected chi connectivity index (χ4v) is 2.82. The van der Waals surface area contributed by atoms with E-state index in [4.69, 9.17) is 4.74 Å². The number of amides is 1. The van der Waals surface area contributed by atoms with Gasteiger partial charge in [-0.15, -0.1) is 5.10 Å². The normalized spacial score (nSPS) is 17.4. The second-order valence-corrected chi connectivity index (χ2v) is 6.17. The Labute approximate surface area is 145 Å². The molecule has 2 aromatic heterocycles. The molecular weight excluding hydrogens is 322 g/mol. The van der Waals surface area contributed by atoms with Crippen molar-refractivity contribution in [3.8, 4) is 5.88 Å². The van der Waals surface area contributed by atoms with Crippen LogP contribution in [0.15, 0.2) is 29.5 Å². The average Bonchev–Trinajstić information content (AvgIpc) is 2.63. The lowest BCUT2D eigenvalue weighted by molar-refractivity contribution is -0.134. The van der Waals surface area contributed by atoms with Crippen molar-refractivity contribution in [1.82, 2.24) is 24.6 Å². The molecule has 1 amide bonds. The molecule has 0 bridgehead atoms. The minimum atomic E-state index is -0.176. The number of nitrogens with zero attached hydrogens (tertiary/aromatic N) is 5. The predicted molar refractivity (Wildman–Crippen MR) is 90.2 cm³/mol.